The summed E-state index contributed by atoms with van der Waals surface area (Å²) in [6.07, 6.45) is 0. The van der Waals surface area contributed by atoms with E-state index < -0.39 is 0 Å². The van der Waals surface area contributed by atoms with Gasteiger partial charge in [-0.05, 0) is 69.5 Å². The molecule has 21 heavy (non-hydrogen) atoms. The number of rotatable bonds is 3. The Labute approximate surface area is 145 Å². The number of aryl methyl sites for hydroxylation is 1. The second kappa shape index (κ2) is 6.21. The van der Waals surface area contributed by atoms with Gasteiger partial charge in [-0.1, -0.05) is 40.2 Å². The fourth-order valence-corrected chi connectivity index (χ4v) is 4.98. The Morgan fingerprint density at radius 2 is 1.86 bits per heavy atom. The number of benzene rings is 2. The van der Waals surface area contributed by atoms with Crippen LogP contribution in [0.5, 0.6) is 0 Å². The highest BCUT2D eigenvalue weighted by Crippen LogP contribution is 2.38. The zero-order chi connectivity index (χ0) is 15.0. The Morgan fingerprint density at radius 1 is 1.05 bits per heavy atom. The number of nitrogens with one attached hydrogen (secondary N) is 1. The molecular formula is C17H15Br2NS. The molecule has 1 atom stereocenters. The van der Waals surface area contributed by atoms with E-state index in [1.807, 2.05) is 7.05 Å². The molecule has 4 heteroatoms. The Morgan fingerprint density at radius 3 is 2.57 bits per heavy atom. The molecule has 1 nitrogen and oxygen atoms in total. The third-order valence-electron chi connectivity index (χ3n) is 3.65. The second-order valence-corrected chi connectivity index (χ2v) is 7.64. The number of hydrogen-bond acceptors (Lipinski definition) is 2. The summed E-state index contributed by atoms with van der Waals surface area (Å²) < 4.78 is 3.61. The fraction of sp³-hybridized carbons (Fsp3) is 0.176. The predicted octanol–water partition coefficient (Wildman–Crippen LogP) is 6.04. The maximum absolute atomic E-state index is 3.71. The van der Waals surface area contributed by atoms with Crippen LogP contribution in [0.25, 0.3) is 10.1 Å². The van der Waals surface area contributed by atoms with Crippen LogP contribution in [0.1, 0.15) is 22.7 Å². The lowest BCUT2D eigenvalue weighted by Crippen LogP contribution is -2.17. The maximum atomic E-state index is 3.71. The van der Waals surface area contributed by atoms with E-state index in [9.17, 15) is 0 Å². The minimum Gasteiger partial charge on any atom is -0.309 e. The standard InChI is InChI=1S/C17H15Br2NS/c1-10-6-7-12(15(19)8-10)16(20-2)13-9-21-17-11(13)4-3-5-14(17)18/h3-9,16,20H,1-2H3. The van der Waals surface area contributed by atoms with Gasteiger partial charge in [0.05, 0.1) is 6.04 Å². The Bertz CT molecular complexity index is 795. The molecule has 0 saturated carbocycles. The molecule has 0 amide bonds. The third kappa shape index (κ3) is 2.82. The molecule has 0 saturated heterocycles. The summed E-state index contributed by atoms with van der Waals surface area (Å²) in [6, 6.07) is 13.1. The lowest BCUT2D eigenvalue weighted by Gasteiger charge is -2.18. The highest BCUT2D eigenvalue weighted by Gasteiger charge is 2.19. The number of thiophene rings is 1. The van der Waals surface area contributed by atoms with Gasteiger partial charge in [-0.3, -0.25) is 0 Å². The van der Waals surface area contributed by atoms with Crippen LogP contribution in [0.4, 0.5) is 0 Å². The van der Waals surface area contributed by atoms with Gasteiger partial charge in [0.25, 0.3) is 0 Å². The zero-order valence-electron chi connectivity index (χ0n) is 11.8. The van der Waals surface area contributed by atoms with Crippen LogP contribution in [-0.4, -0.2) is 7.05 Å². The quantitative estimate of drug-likeness (QED) is 0.540. The SMILES string of the molecule is CNC(c1ccc(C)cc1Br)c1csc2c(Br)cccc12. The van der Waals surface area contributed by atoms with Gasteiger partial charge in [0, 0.05) is 13.6 Å². The van der Waals surface area contributed by atoms with E-state index in [0.717, 1.165) is 8.95 Å². The smallest absolute Gasteiger partial charge is 0.0599 e. The van der Waals surface area contributed by atoms with Crippen molar-refractivity contribution < 1.29 is 0 Å². The van der Waals surface area contributed by atoms with Crippen LogP contribution in [-0.2, 0) is 0 Å². The average molecular weight is 425 g/mol. The molecule has 108 valence electrons. The summed E-state index contributed by atoms with van der Waals surface area (Å²) in [7, 11) is 2.01. The first-order chi connectivity index (χ1) is 10.1. The Kier molecular flexibility index (Phi) is 4.50. The van der Waals surface area contributed by atoms with Crippen molar-refractivity contribution in [2.75, 3.05) is 7.05 Å². The lowest BCUT2D eigenvalue weighted by atomic mass is 9.97. The minimum absolute atomic E-state index is 0.183. The van der Waals surface area contributed by atoms with Crippen molar-refractivity contribution in [1.82, 2.24) is 5.32 Å². The monoisotopic (exact) mass is 423 g/mol. The van der Waals surface area contributed by atoms with Crippen LogP contribution < -0.4 is 5.32 Å². The van der Waals surface area contributed by atoms with Gasteiger partial charge in [-0.25, -0.2) is 0 Å². The first-order valence-corrected chi connectivity index (χ1v) is 9.17. The van der Waals surface area contributed by atoms with Gasteiger partial charge >= 0.3 is 0 Å². The van der Waals surface area contributed by atoms with Crippen LogP contribution in [0, 0.1) is 6.92 Å². The largest absolute Gasteiger partial charge is 0.309 e. The molecular weight excluding hydrogens is 410 g/mol. The molecule has 1 heterocycles. The summed E-state index contributed by atoms with van der Waals surface area (Å²) in [5.74, 6) is 0. The molecule has 0 fully saturated rings. The number of hydrogen-bond donors (Lipinski definition) is 1. The summed E-state index contributed by atoms with van der Waals surface area (Å²) >= 11 is 9.13. The molecule has 1 unspecified atom stereocenters. The van der Waals surface area contributed by atoms with Crippen LogP contribution in [0.15, 0.2) is 50.7 Å². The fourth-order valence-electron chi connectivity index (χ4n) is 2.61. The molecule has 2 aromatic carbocycles. The van der Waals surface area contributed by atoms with Crippen molar-refractivity contribution in [3.63, 3.8) is 0 Å². The van der Waals surface area contributed by atoms with E-state index in [1.54, 1.807) is 11.3 Å². The molecule has 1 N–H and O–H groups in total. The van der Waals surface area contributed by atoms with E-state index in [1.165, 1.54) is 26.8 Å². The van der Waals surface area contributed by atoms with Gasteiger partial charge < -0.3 is 5.32 Å². The van der Waals surface area contributed by atoms with Gasteiger partial charge in [-0.2, -0.15) is 0 Å². The van der Waals surface area contributed by atoms with E-state index in [2.05, 4.69) is 85.9 Å². The predicted molar refractivity (Wildman–Crippen MR) is 99.3 cm³/mol. The molecule has 3 rings (SSSR count). The minimum atomic E-state index is 0.183. The zero-order valence-corrected chi connectivity index (χ0v) is 15.8. The van der Waals surface area contributed by atoms with Crippen LogP contribution >= 0.6 is 43.2 Å². The van der Waals surface area contributed by atoms with E-state index in [0.29, 0.717) is 0 Å². The van der Waals surface area contributed by atoms with Crippen molar-refractivity contribution in [2.24, 2.45) is 0 Å². The summed E-state index contributed by atoms with van der Waals surface area (Å²) in [4.78, 5) is 0. The van der Waals surface area contributed by atoms with Crippen molar-refractivity contribution >= 4 is 53.3 Å². The molecule has 0 radical (unpaired) electrons. The highest BCUT2D eigenvalue weighted by atomic mass is 79.9. The van der Waals surface area contributed by atoms with E-state index >= 15 is 0 Å². The van der Waals surface area contributed by atoms with Crippen molar-refractivity contribution in [1.29, 1.82) is 0 Å². The molecule has 0 aliphatic heterocycles. The number of halogens is 2. The average Bonchev–Trinajstić information content (AvgIpc) is 2.87. The van der Waals surface area contributed by atoms with Crippen molar-refractivity contribution in [2.45, 2.75) is 13.0 Å². The topological polar surface area (TPSA) is 12.0 Å². The van der Waals surface area contributed by atoms with Gasteiger partial charge in [0.15, 0.2) is 0 Å². The maximum Gasteiger partial charge on any atom is 0.0599 e. The summed E-state index contributed by atoms with van der Waals surface area (Å²) in [5, 5.41) is 7.01. The van der Waals surface area contributed by atoms with Gasteiger partial charge in [-0.15, -0.1) is 11.3 Å². The van der Waals surface area contributed by atoms with E-state index in [-0.39, 0.29) is 6.04 Å². The highest BCUT2D eigenvalue weighted by molar-refractivity contribution is 9.11. The van der Waals surface area contributed by atoms with Crippen LogP contribution in [0.3, 0.4) is 0 Å². The summed E-state index contributed by atoms with van der Waals surface area (Å²) in [5.41, 5.74) is 3.85. The molecule has 1 aromatic heterocycles. The Balaban J connectivity index is 2.16. The molecule has 0 aliphatic rings. The normalized spacial score (nSPS) is 12.8. The molecule has 0 aliphatic carbocycles. The first-order valence-electron chi connectivity index (χ1n) is 6.70. The molecule has 0 spiro atoms. The van der Waals surface area contributed by atoms with Crippen LogP contribution in [0.2, 0.25) is 0 Å². The van der Waals surface area contributed by atoms with Crippen molar-refractivity contribution in [3.8, 4) is 0 Å². The Hall–Kier alpha value is -0.680. The lowest BCUT2D eigenvalue weighted by molar-refractivity contribution is 0.695. The number of fused-ring (bicyclic) bond motifs is 1. The molecule has 3 aromatic rings. The van der Waals surface area contributed by atoms with E-state index in [4.69, 9.17) is 0 Å². The third-order valence-corrected chi connectivity index (χ3v) is 6.31. The second-order valence-electron chi connectivity index (χ2n) is 5.05. The molecule has 0 bridgehead atoms. The van der Waals surface area contributed by atoms with Crippen molar-refractivity contribution in [3.05, 3.63) is 67.4 Å². The first kappa shape index (κ1) is 15.2. The van der Waals surface area contributed by atoms with Gasteiger partial charge in [0.2, 0.25) is 0 Å². The van der Waals surface area contributed by atoms with Gasteiger partial charge in [0.1, 0.15) is 0 Å². The summed E-state index contributed by atoms with van der Waals surface area (Å²) in [6.45, 7) is 2.11.